The molecule has 7 atom stereocenters. The maximum Gasteiger partial charge on any atom is 0.509 e. The lowest BCUT2D eigenvalue weighted by Gasteiger charge is -2.59. The maximum absolute atomic E-state index is 14.1. The zero-order valence-corrected chi connectivity index (χ0v) is 25.7. The minimum absolute atomic E-state index is 0.00617. The first kappa shape index (κ1) is 32.3. The highest BCUT2D eigenvalue weighted by Crippen LogP contribution is 2.68. The minimum Gasteiger partial charge on any atom is -0.457 e. The molecule has 0 aromatic heterocycles. The van der Waals surface area contributed by atoms with E-state index in [4.69, 9.17) is 14.2 Å². The van der Waals surface area contributed by atoms with Crippen molar-refractivity contribution in [3.63, 3.8) is 0 Å². The molecule has 12 nitrogen and oxygen atoms in total. The maximum atomic E-state index is 14.1. The summed E-state index contributed by atoms with van der Waals surface area (Å²) in [5.41, 5.74) is -1.15. The number of Topliss-reactive ketones (excluding diaryl/α,β-unsaturated/α-hetero) is 1. The summed E-state index contributed by atoms with van der Waals surface area (Å²) in [5, 5.41) is 21.4. The molecule has 3 unspecified atom stereocenters. The van der Waals surface area contributed by atoms with Gasteiger partial charge >= 0.3 is 12.1 Å². The number of fused-ring (bicyclic) bond motifs is 5. The third kappa shape index (κ3) is 5.87. The molecular formula is C33H39NO11. The molecule has 0 spiro atoms. The Labute approximate surface area is 260 Å². The van der Waals surface area contributed by atoms with Gasteiger partial charge < -0.3 is 24.2 Å². The van der Waals surface area contributed by atoms with Gasteiger partial charge in [0.2, 0.25) is 5.78 Å². The van der Waals surface area contributed by atoms with Crippen molar-refractivity contribution in [3.8, 4) is 0 Å². The lowest BCUT2D eigenvalue weighted by atomic mass is 9.46. The van der Waals surface area contributed by atoms with E-state index in [0.29, 0.717) is 24.0 Å². The number of ether oxygens (including phenoxy) is 3. The monoisotopic (exact) mass is 625 g/mol. The lowest BCUT2D eigenvalue weighted by molar-refractivity contribution is -0.763. The van der Waals surface area contributed by atoms with E-state index in [2.05, 4.69) is 11.8 Å². The Morgan fingerprint density at radius 3 is 2.62 bits per heavy atom. The van der Waals surface area contributed by atoms with Crippen LogP contribution in [0, 0.1) is 38.7 Å². The smallest absolute Gasteiger partial charge is 0.457 e. The van der Waals surface area contributed by atoms with Gasteiger partial charge in [-0.1, -0.05) is 49.8 Å². The molecule has 3 saturated carbocycles. The fraction of sp³-hybridized carbons (Fsp3) is 0.576. The van der Waals surface area contributed by atoms with E-state index >= 15 is 0 Å². The standard InChI is InChI=1S/C33H39NO11/c1-4-42-30(39)45-33(27(37)19-43-28(38)15-20-6-5-7-21(14-20)18-44-34(40)41)13-11-25-24-9-8-22-16-23(35)10-12-31(22,2)29(24)26(36)17-32(25,33)3/h5-7,10,12,14,16,24-26,29,36H,4,8-9,11,13,15,17-19H2,1-3H3/t24?,25?,26-,29?,31-,32-,33-/m0/s1. The number of aliphatic hydroxyl groups is 1. The highest BCUT2D eigenvalue weighted by molar-refractivity contribution is 6.01. The predicted octanol–water partition coefficient (Wildman–Crippen LogP) is 4.24. The van der Waals surface area contributed by atoms with Crippen molar-refractivity contribution in [1.29, 1.82) is 0 Å². The number of carbonyl (C=O) groups excluding carboxylic acids is 4. The zero-order valence-electron chi connectivity index (χ0n) is 25.7. The number of aliphatic hydroxyl groups excluding tert-OH is 1. The van der Waals surface area contributed by atoms with Crippen molar-refractivity contribution in [1.82, 2.24) is 0 Å². The number of esters is 1. The van der Waals surface area contributed by atoms with Gasteiger partial charge in [0.15, 0.2) is 18.0 Å². The van der Waals surface area contributed by atoms with Crippen molar-refractivity contribution in [3.05, 3.63) is 69.3 Å². The van der Waals surface area contributed by atoms with Crippen LogP contribution in [0.1, 0.15) is 64.0 Å². The Balaban J connectivity index is 1.36. The van der Waals surface area contributed by atoms with Crippen LogP contribution in [0.5, 0.6) is 0 Å². The van der Waals surface area contributed by atoms with Crippen molar-refractivity contribution in [2.24, 2.45) is 28.6 Å². The number of hydrogen-bond acceptors (Lipinski definition) is 11. The molecule has 0 aliphatic heterocycles. The summed E-state index contributed by atoms with van der Waals surface area (Å²) >= 11 is 0. The van der Waals surface area contributed by atoms with Crippen LogP contribution < -0.4 is 0 Å². The van der Waals surface area contributed by atoms with Gasteiger partial charge in [-0.15, -0.1) is 10.1 Å². The van der Waals surface area contributed by atoms with Crippen molar-refractivity contribution in [2.75, 3.05) is 13.2 Å². The molecule has 12 heteroatoms. The van der Waals surface area contributed by atoms with Crippen molar-refractivity contribution < 1.29 is 48.4 Å². The zero-order chi connectivity index (χ0) is 32.6. The van der Waals surface area contributed by atoms with Crippen LogP contribution in [-0.2, 0) is 46.5 Å². The van der Waals surface area contributed by atoms with Gasteiger partial charge in [-0.25, -0.2) is 4.79 Å². The summed E-state index contributed by atoms with van der Waals surface area (Å²) in [7, 11) is 0. The molecule has 242 valence electrons. The topological polar surface area (TPSA) is 169 Å². The third-order valence-electron chi connectivity index (χ3n) is 10.6. The number of rotatable bonds is 10. The van der Waals surface area contributed by atoms with Crippen LogP contribution in [0.4, 0.5) is 4.79 Å². The number of benzene rings is 1. The largest absolute Gasteiger partial charge is 0.509 e. The first-order valence-electron chi connectivity index (χ1n) is 15.3. The summed E-state index contributed by atoms with van der Waals surface area (Å²) in [6, 6.07) is 6.46. The molecule has 1 N–H and O–H groups in total. The Morgan fingerprint density at radius 1 is 1.13 bits per heavy atom. The highest BCUT2D eigenvalue weighted by atomic mass is 16.9. The molecule has 3 fully saturated rings. The quantitative estimate of drug-likeness (QED) is 0.224. The van der Waals surface area contributed by atoms with Gasteiger partial charge in [-0.2, -0.15) is 0 Å². The van der Waals surface area contributed by atoms with Crippen molar-refractivity contribution >= 4 is 23.7 Å². The average molecular weight is 626 g/mol. The number of hydrogen-bond donors (Lipinski definition) is 1. The molecule has 4 aliphatic carbocycles. The van der Waals surface area contributed by atoms with Gasteiger partial charge in [0.25, 0.3) is 5.09 Å². The predicted molar refractivity (Wildman–Crippen MR) is 157 cm³/mol. The fourth-order valence-electron chi connectivity index (χ4n) is 8.72. The Hall–Kier alpha value is -4.06. The van der Waals surface area contributed by atoms with E-state index in [1.165, 1.54) is 0 Å². The van der Waals surface area contributed by atoms with E-state index in [1.807, 2.05) is 13.0 Å². The number of nitrogens with zero attached hydrogens (tertiary/aromatic N) is 1. The van der Waals surface area contributed by atoms with Crippen LogP contribution >= 0.6 is 0 Å². The number of carbonyl (C=O) groups is 4. The molecule has 1 aromatic rings. The van der Waals surface area contributed by atoms with Crippen LogP contribution in [0.25, 0.3) is 0 Å². The van der Waals surface area contributed by atoms with Crippen LogP contribution in [0.2, 0.25) is 0 Å². The van der Waals surface area contributed by atoms with Gasteiger partial charge in [0.1, 0.15) is 6.61 Å². The number of ketones is 2. The van der Waals surface area contributed by atoms with E-state index in [0.717, 1.165) is 12.0 Å². The first-order chi connectivity index (χ1) is 21.3. The molecule has 0 saturated heterocycles. The summed E-state index contributed by atoms with van der Waals surface area (Å²) in [5.74, 6) is -1.63. The van der Waals surface area contributed by atoms with Crippen LogP contribution in [-0.4, -0.2) is 58.8 Å². The van der Waals surface area contributed by atoms with E-state index in [9.17, 15) is 34.4 Å². The molecule has 5 rings (SSSR count). The molecule has 0 amide bonds. The number of allylic oxidation sites excluding steroid dienone is 4. The van der Waals surface area contributed by atoms with Gasteiger partial charge in [-0.3, -0.25) is 14.4 Å². The van der Waals surface area contributed by atoms with E-state index in [1.54, 1.807) is 43.3 Å². The van der Waals surface area contributed by atoms with Crippen molar-refractivity contribution in [2.45, 2.75) is 77.6 Å². The minimum atomic E-state index is -1.69. The lowest BCUT2D eigenvalue weighted by Crippen LogP contribution is -2.63. The summed E-state index contributed by atoms with van der Waals surface area (Å²) in [4.78, 5) is 66.7. The molecule has 1 aromatic carbocycles. The Morgan fingerprint density at radius 2 is 1.89 bits per heavy atom. The summed E-state index contributed by atoms with van der Waals surface area (Å²) < 4.78 is 16.4. The Kier molecular flexibility index (Phi) is 8.90. The molecule has 4 aliphatic rings. The highest BCUT2D eigenvalue weighted by Gasteiger charge is 2.70. The van der Waals surface area contributed by atoms with E-state index < -0.39 is 52.1 Å². The van der Waals surface area contributed by atoms with Gasteiger partial charge in [-0.05, 0) is 74.1 Å². The summed E-state index contributed by atoms with van der Waals surface area (Å²) in [6.45, 7) is 4.66. The molecule has 0 bridgehead atoms. The van der Waals surface area contributed by atoms with Crippen LogP contribution in [0.3, 0.4) is 0 Å². The molecule has 0 heterocycles. The fourth-order valence-corrected chi connectivity index (χ4v) is 8.72. The second-order valence-electron chi connectivity index (χ2n) is 12.9. The Bertz CT molecular complexity index is 1450. The van der Waals surface area contributed by atoms with Gasteiger partial charge in [0, 0.05) is 16.7 Å². The molecule has 0 radical (unpaired) electrons. The van der Waals surface area contributed by atoms with Crippen LogP contribution in [0.15, 0.2) is 48.1 Å². The normalized spacial score (nSPS) is 33.2. The van der Waals surface area contributed by atoms with E-state index in [-0.39, 0.29) is 56.0 Å². The second-order valence-corrected chi connectivity index (χ2v) is 12.9. The molecule has 45 heavy (non-hydrogen) atoms. The molecular weight excluding hydrogens is 586 g/mol. The second kappa shape index (κ2) is 12.4. The third-order valence-corrected chi connectivity index (χ3v) is 10.6. The SMILES string of the molecule is CCOC(=O)O[C@]1(C(=O)COC(=O)Cc2cccc(CO[N+](=O)[O-])c2)CCC2C3CCC4=CC(=O)C=C[C@]4(C)C3[C@@H](O)C[C@@]21C. The average Bonchev–Trinajstić information content (AvgIpc) is 3.27. The summed E-state index contributed by atoms with van der Waals surface area (Å²) in [6.07, 6.45) is 5.40. The first-order valence-corrected chi connectivity index (χ1v) is 15.3. The van der Waals surface area contributed by atoms with Gasteiger partial charge in [0.05, 0.1) is 19.1 Å².